The van der Waals surface area contributed by atoms with Gasteiger partial charge in [0.15, 0.2) is 5.82 Å². The number of anilines is 2. The van der Waals surface area contributed by atoms with E-state index in [4.69, 9.17) is 0 Å². The van der Waals surface area contributed by atoms with Crippen molar-refractivity contribution in [2.45, 2.75) is 27.7 Å². The predicted molar refractivity (Wildman–Crippen MR) is 96.5 cm³/mol. The average Bonchev–Trinajstić information content (AvgIpc) is 3.02. The normalized spacial score (nSPS) is 10.6. The highest BCUT2D eigenvalue weighted by atomic mass is 16.5. The second-order valence-electron chi connectivity index (χ2n) is 6.44. The fraction of sp³-hybridized carbons (Fsp3) is 0.389. The zero-order chi connectivity index (χ0) is 18.4. The minimum absolute atomic E-state index is 0.0677. The molecule has 2 aromatic rings. The van der Waals surface area contributed by atoms with E-state index >= 15 is 0 Å². The van der Waals surface area contributed by atoms with Crippen LogP contribution in [-0.4, -0.2) is 35.1 Å². The first-order chi connectivity index (χ1) is 11.8. The summed E-state index contributed by atoms with van der Waals surface area (Å²) >= 11 is 0. The molecule has 25 heavy (non-hydrogen) atoms. The van der Waals surface area contributed by atoms with E-state index in [0.29, 0.717) is 18.1 Å². The number of amides is 3. The molecule has 0 fully saturated rings. The Morgan fingerprint density at radius 2 is 1.92 bits per heavy atom. The minimum atomic E-state index is -0.329. The molecule has 7 nitrogen and oxygen atoms in total. The first-order valence-electron chi connectivity index (χ1n) is 8.18. The van der Waals surface area contributed by atoms with E-state index in [-0.39, 0.29) is 24.4 Å². The zero-order valence-corrected chi connectivity index (χ0v) is 15.0. The number of urea groups is 1. The molecule has 0 spiro atoms. The SMILES string of the molecule is Cc1ccc(NC(=O)N(CC(=O)Nc2ccon2)CC(C)C)cc1C. The maximum Gasteiger partial charge on any atom is 0.322 e. The van der Waals surface area contributed by atoms with Gasteiger partial charge in [-0.1, -0.05) is 25.1 Å². The number of nitrogens with one attached hydrogen (secondary N) is 2. The van der Waals surface area contributed by atoms with Crippen LogP contribution in [0.15, 0.2) is 35.1 Å². The van der Waals surface area contributed by atoms with Gasteiger partial charge >= 0.3 is 6.03 Å². The fourth-order valence-corrected chi connectivity index (χ4v) is 2.31. The van der Waals surface area contributed by atoms with Crippen LogP contribution in [0.2, 0.25) is 0 Å². The number of nitrogens with zero attached hydrogens (tertiary/aromatic N) is 2. The quantitative estimate of drug-likeness (QED) is 0.840. The third-order valence-electron chi connectivity index (χ3n) is 3.67. The average molecular weight is 344 g/mol. The van der Waals surface area contributed by atoms with E-state index in [1.807, 2.05) is 45.9 Å². The van der Waals surface area contributed by atoms with Gasteiger partial charge in [0.05, 0.1) is 0 Å². The molecular formula is C18H24N4O3. The molecule has 3 amide bonds. The van der Waals surface area contributed by atoms with Gasteiger partial charge in [-0.3, -0.25) is 4.79 Å². The van der Waals surface area contributed by atoms with E-state index in [0.717, 1.165) is 11.1 Å². The lowest BCUT2D eigenvalue weighted by molar-refractivity contribution is -0.116. The second-order valence-corrected chi connectivity index (χ2v) is 6.44. The molecule has 0 aliphatic carbocycles. The van der Waals surface area contributed by atoms with Crippen molar-refractivity contribution in [3.05, 3.63) is 41.7 Å². The van der Waals surface area contributed by atoms with Crippen molar-refractivity contribution >= 4 is 23.4 Å². The summed E-state index contributed by atoms with van der Waals surface area (Å²) in [4.78, 5) is 26.2. The third-order valence-corrected chi connectivity index (χ3v) is 3.67. The van der Waals surface area contributed by atoms with Crippen LogP contribution in [0.25, 0.3) is 0 Å². The van der Waals surface area contributed by atoms with Gasteiger partial charge in [0.1, 0.15) is 12.8 Å². The third kappa shape index (κ3) is 5.63. The fourth-order valence-electron chi connectivity index (χ4n) is 2.31. The molecule has 2 N–H and O–H groups in total. The van der Waals surface area contributed by atoms with Gasteiger partial charge in [-0.2, -0.15) is 0 Å². The molecule has 134 valence electrons. The van der Waals surface area contributed by atoms with E-state index in [1.54, 1.807) is 6.07 Å². The van der Waals surface area contributed by atoms with Crippen molar-refractivity contribution < 1.29 is 14.1 Å². The van der Waals surface area contributed by atoms with Gasteiger partial charge in [0, 0.05) is 18.3 Å². The van der Waals surface area contributed by atoms with Crippen molar-refractivity contribution in [1.82, 2.24) is 10.1 Å². The Hall–Kier alpha value is -2.83. The summed E-state index contributed by atoms with van der Waals surface area (Å²) in [6.45, 7) is 8.38. The lowest BCUT2D eigenvalue weighted by Gasteiger charge is -2.24. The number of hydrogen-bond acceptors (Lipinski definition) is 4. The Kier molecular flexibility index (Phi) is 6.16. The highest BCUT2D eigenvalue weighted by Crippen LogP contribution is 2.15. The molecule has 0 saturated heterocycles. The summed E-state index contributed by atoms with van der Waals surface area (Å²) in [6.07, 6.45) is 1.37. The van der Waals surface area contributed by atoms with Crippen molar-refractivity contribution in [2.75, 3.05) is 23.7 Å². The Balaban J connectivity index is 2.03. The number of rotatable bonds is 6. The van der Waals surface area contributed by atoms with Crippen molar-refractivity contribution in [3.8, 4) is 0 Å². The molecular weight excluding hydrogens is 320 g/mol. The Bertz CT molecular complexity index is 726. The predicted octanol–water partition coefficient (Wildman–Crippen LogP) is 3.42. The van der Waals surface area contributed by atoms with Crippen LogP contribution >= 0.6 is 0 Å². The first-order valence-corrected chi connectivity index (χ1v) is 8.18. The van der Waals surface area contributed by atoms with Gasteiger partial charge in [0.2, 0.25) is 5.91 Å². The van der Waals surface area contributed by atoms with Crippen LogP contribution in [0.3, 0.4) is 0 Å². The molecule has 1 aromatic carbocycles. The van der Waals surface area contributed by atoms with Crippen LogP contribution in [0.5, 0.6) is 0 Å². The Labute approximate surface area is 147 Å². The summed E-state index contributed by atoms with van der Waals surface area (Å²) in [5.41, 5.74) is 2.96. The van der Waals surface area contributed by atoms with Gasteiger partial charge in [0.25, 0.3) is 0 Å². The monoisotopic (exact) mass is 344 g/mol. The van der Waals surface area contributed by atoms with Crippen LogP contribution in [0.1, 0.15) is 25.0 Å². The van der Waals surface area contributed by atoms with E-state index < -0.39 is 0 Å². The molecule has 7 heteroatoms. The maximum absolute atomic E-state index is 12.6. The van der Waals surface area contributed by atoms with Gasteiger partial charge in [-0.25, -0.2) is 4.79 Å². The largest absolute Gasteiger partial charge is 0.363 e. The minimum Gasteiger partial charge on any atom is -0.363 e. The lowest BCUT2D eigenvalue weighted by atomic mass is 10.1. The smallest absolute Gasteiger partial charge is 0.322 e. The van der Waals surface area contributed by atoms with Crippen LogP contribution in [0.4, 0.5) is 16.3 Å². The van der Waals surface area contributed by atoms with E-state index in [9.17, 15) is 9.59 Å². The lowest BCUT2D eigenvalue weighted by Crippen LogP contribution is -2.42. The van der Waals surface area contributed by atoms with Gasteiger partial charge in [-0.15, -0.1) is 0 Å². The van der Waals surface area contributed by atoms with Gasteiger partial charge in [-0.05, 0) is 43.0 Å². The molecule has 0 bridgehead atoms. The molecule has 0 atom stereocenters. The molecule has 0 aliphatic heterocycles. The number of aryl methyl sites for hydroxylation is 2. The summed E-state index contributed by atoms with van der Waals surface area (Å²) < 4.78 is 4.67. The number of aromatic nitrogens is 1. The highest BCUT2D eigenvalue weighted by Gasteiger charge is 2.19. The number of carbonyl (C=O) groups is 2. The Morgan fingerprint density at radius 3 is 2.52 bits per heavy atom. The number of hydrogen-bond donors (Lipinski definition) is 2. The summed E-state index contributed by atoms with van der Waals surface area (Å²) in [5.74, 6) is 0.221. The van der Waals surface area contributed by atoms with E-state index in [1.165, 1.54) is 11.2 Å². The molecule has 0 radical (unpaired) electrons. The molecule has 2 rings (SSSR count). The van der Waals surface area contributed by atoms with Gasteiger partial charge < -0.3 is 20.1 Å². The van der Waals surface area contributed by atoms with E-state index in [2.05, 4.69) is 20.3 Å². The maximum atomic E-state index is 12.6. The number of benzene rings is 1. The molecule has 0 saturated carbocycles. The van der Waals surface area contributed by atoms with Crippen molar-refractivity contribution in [1.29, 1.82) is 0 Å². The summed E-state index contributed by atoms with van der Waals surface area (Å²) in [6, 6.07) is 6.95. The summed E-state index contributed by atoms with van der Waals surface area (Å²) in [7, 11) is 0. The van der Waals surface area contributed by atoms with Crippen LogP contribution in [-0.2, 0) is 4.79 Å². The van der Waals surface area contributed by atoms with Crippen molar-refractivity contribution in [2.24, 2.45) is 5.92 Å². The second kappa shape index (κ2) is 8.32. The standard InChI is InChI=1S/C18H24N4O3/c1-12(2)10-22(11-17(23)20-16-7-8-25-21-16)18(24)19-15-6-5-13(3)14(4)9-15/h5-9,12H,10-11H2,1-4H3,(H,19,24)(H,20,21,23). The number of carbonyl (C=O) groups excluding carboxylic acids is 2. The zero-order valence-electron chi connectivity index (χ0n) is 15.0. The first kappa shape index (κ1) is 18.5. The van der Waals surface area contributed by atoms with Crippen LogP contribution < -0.4 is 10.6 Å². The molecule has 1 heterocycles. The molecule has 0 unspecified atom stereocenters. The van der Waals surface area contributed by atoms with Crippen molar-refractivity contribution in [3.63, 3.8) is 0 Å². The topological polar surface area (TPSA) is 87.5 Å². The summed E-state index contributed by atoms with van der Waals surface area (Å²) in [5, 5.41) is 9.08. The molecule has 0 aliphatic rings. The van der Waals surface area contributed by atoms with Crippen LogP contribution in [0, 0.1) is 19.8 Å². The molecule has 1 aromatic heterocycles. The highest BCUT2D eigenvalue weighted by molar-refractivity contribution is 5.96. The Morgan fingerprint density at radius 1 is 1.16 bits per heavy atom.